The molecule has 0 aliphatic rings. The number of hydrogen-bond acceptors (Lipinski definition) is 2. The number of hydrogen-bond donors (Lipinski definition) is 2. The Labute approximate surface area is 129 Å². The van der Waals surface area contributed by atoms with E-state index in [-0.39, 0.29) is 0 Å². The molecule has 0 saturated heterocycles. The molecule has 0 unspecified atom stereocenters. The van der Waals surface area contributed by atoms with Crippen molar-refractivity contribution in [3.63, 3.8) is 0 Å². The van der Waals surface area contributed by atoms with Crippen molar-refractivity contribution in [2.24, 2.45) is 0 Å². The summed E-state index contributed by atoms with van der Waals surface area (Å²) in [6.45, 7) is 0. The summed E-state index contributed by atoms with van der Waals surface area (Å²) in [5.41, 5.74) is 16.2. The minimum atomic E-state index is 0.805. The van der Waals surface area contributed by atoms with Gasteiger partial charge in [-0.15, -0.1) is 0 Å². The van der Waals surface area contributed by atoms with E-state index in [1.807, 2.05) is 24.3 Å². The first-order valence-corrected chi connectivity index (χ1v) is 7.30. The van der Waals surface area contributed by atoms with Crippen molar-refractivity contribution in [3.8, 4) is 11.1 Å². The van der Waals surface area contributed by atoms with E-state index in [0.29, 0.717) is 0 Å². The number of rotatable bonds is 1. The van der Waals surface area contributed by atoms with Gasteiger partial charge in [0.2, 0.25) is 0 Å². The number of nitrogens with two attached hydrogens (primary N) is 2. The molecular weight excluding hydrogens is 268 g/mol. The summed E-state index contributed by atoms with van der Waals surface area (Å²) in [5.74, 6) is 0. The third-order valence-corrected chi connectivity index (χ3v) is 4.20. The van der Waals surface area contributed by atoms with Gasteiger partial charge < -0.3 is 11.5 Å². The third kappa shape index (κ3) is 1.81. The Morgan fingerprint density at radius 3 is 1.23 bits per heavy atom. The van der Waals surface area contributed by atoms with E-state index in [4.69, 9.17) is 11.5 Å². The second kappa shape index (κ2) is 4.78. The molecule has 2 nitrogen and oxygen atoms in total. The molecule has 0 bridgehead atoms. The van der Waals surface area contributed by atoms with E-state index in [9.17, 15) is 0 Å². The lowest BCUT2D eigenvalue weighted by Gasteiger charge is -2.12. The average molecular weight is 284 g/mol. The first-order chi connectivity index (χ1) is 10.8. The largest absolute Gasteiger partial charge is 0.398 e. The number of benzene rings is 4. The summed E-state index contributed by atoms with van der Waals surface area (Å²) in [7, 11) is 0. The Morgan fingerprint density at radius 2 is 0.773 bits per heavy atom. The zero-order valence-corrected chi connectivity index (χ0v) is 12.1. The summed E-state index contributed by atoms with van der Waals surface area (Å²) < 4.78 is 0. The van der Waals surface area contributed by atoms with Gasteiger partial charge in [-0.25, -0.2) is 0 Å². The Bertz CT molecular complexity index is 920. The van der Waals surface area contributed by atoms with Gasteiger partial charge >= 0.3 is 0 Å². The van der Waals surface area contributed by atoms with Crippen LogP contribution in [0.4, 0.5) is 11.4 Å². The van der Waals surface area contributed by atoms with E-state index in [2.05, 4.69) is 48.5 Å². The predicted octanol–water partition coefficient (Wildman–Crippen LogP) is 4.82. The number of anilines is 2. The highest BCUT2D eigenvalue weighted by Gasteiger charge is 2.09. The number of nitrogen functional groups attached to an aromatic ring is 2. The Balaban J connectivity index is 2.13. The lowest BCUT2D eigenvalue weighted by Crippen LogP contribution is -1.90. The van der Waals surface area contributed by atoms with Crippen molar-refractivity contribution < 1.29 is 0 Å². The Kier molecular flexibility index (Phi) is 2.76. The maximum Gasteiger partial charge on any atom is 0.0393 e. The summed E-state index contributed by atoms with van der Waals surface area (Å²) in [5, 5.41) is 4.50. The van der Waals surface area contributed by atoms with Crippen molar-refractivity contribution in [2.45, 2.75) is 0 Å². The van der Waals surface area contributed by atoms with Crippen LogP contribution < -0.4 is 11.5 Å². The predicted molar refractivity (Wildman–Crippen MR) is 95.7 cm³/mol. The molecule has 0 aliphatic heterocycles. The highest BCUT2D eigenvalue weighted by molar-refractivity contribution is 6.09. The van der Waals surface area contributed by atoms with Crippen LogP contribution in [-0.4, -0.2) is 0 Å². The molecule has 0 saturated carbocycles. The molecule has 4 rings (SSSR count). The molecule has 2 heteroatoms. The molecule has 0 spiro atoms. The van der Waals surface area contributed by atoms with Gasteiger partial charge in [0.15, 0.2) is 0 Å². The van der Waals surface area contributed by atoms with E-state index in [1.54, 1.807) is 0 Å². The fourth-order valence-electron chi connectivity index (χ4n) is 3.14. The van der Waals surface area contributed by atoms with Crippen LogP contribution in [0.15, 0.2) is 72.8 Å². The summed E-state index contributed by atoms with van der Waals surface area (Å²) in [6.07, 6.45) is 0. The first-order valence-electron chi connectivity index (χ1n) is 7.30. The number of fused-ring (bicyclic) bond motifs is 2. The van der Waals surface area contributed by atoms with Crippen LogP contribution >= 0.6 is 0 Å². The molecule has 0 heterocycles. The molecule has 4 aromatic carbocycles. The molecule has 0 fully saturated rings. The average Bonchev–Trinajstić information content (AvgIpc) is 2.55. The van der Waals surface area contributed by atoms with Gasteiger partial charge in [0.25, 0.3) is 0 Å². The van der Waals surface area contributed by atoms with Crippen LogP contribution in [0.25, 0.3) is 32.7 Å². The van der Waals surface area contributed by atoms with Crippen LogP contribution in [0.2, 0.25) is 0 Å². The summed E-state index contributed by atoms with van der Waals surface area (Å²) >= 11 is 0. The van der Waals surface area contributed by atoms with Crippen molar-refractivity contribution in [2.75, 3.05) is 11.5 Å². The van der Waals surface area contributed by atoms with E-state index < -0.39 is 0 Å². The lowest BCUT2D eigenvalue weighted by atomic mass is 9.93. The molecule has 0 atom stereocenters. The van der Waals surface area contributed by atoms with E-state index >= 15 is 0 Å². The highest BCUT2D eigenvalue weighted by Crippen LogP contribution is 2.36. The zero-order valence-electron chi connectivity index (χ0n) is 12.1. The normalized spacial score (nSPS) is 11.1. The Morgan fingerprint density at radius 1 is 0.409 bits per heavy atom. The highest BCUT2D eigenvalue weighted by atomic mass is 14.6. The molecule has 0 amide bonds. The fourth-order valence-corrected chi connectivity index (χ4v) is 3.14. The van der Waals surface area contributed by atoms with Crippen LogP contribution in [0, 0.1) is 0 Å². The Hall–Kier alpha value is -3.00. The molecule has 106 valence electrons. The second-order valence-corrected chi connectivity index (χ2v) is 5.50. The molecule has 0 aromatic heterocycles. The standard InChI is InChI=1S/C20H16N2/c21-19-11-3-7-15-13(5-1-9-17(15)19)14-6-2-10-18-16(14)8-4-12-20(18)22/h1-12H,21-22H2. The second-order valence-electron chi connectivity index (χ2n) is 5.50. The smallest absolute Gasteiger partial charge is 0.0393 e. The first kappa shape index (κ1) is 12.7. The van der Waals surface area contributed by atoms with Crippen molar-refractivity contribution in [1.29, 1.82) is 0 Å². The summed E-state index contributed by atoms with van der Waals surface area (Å²) in [6, 6.07) is 24.6. The quantitative estimate of drug-likeness (QED) is 0.492. The summed E-state index contributed by atoms with van der Waals surface area (Å²) in [4.78, 5) is 0. The molecule has 0 aliphatic carbocycles. The van der Waals surface area contributed by atoms with Crippen LogP contribution in [0.3, 0.4) is 0 Å². The SMILES string of the molecule is Nc1cccc2c(-c3cccc4c(N)cccc34)cccc12. The maximum atomic E-state index is 6.12. The van der Waals surface area contributed by atoms with Crippen molar-refractivity contribution in [3.05, 3.63) is 72.8 Å². The minimum Gasteiger partial charge on any atom is -0.398 e. The molecule has 0 radical (unpaired) electrons. The van der Waals surface area contributed by atoms with Gasteiger partial charge in [-0.2, -0.15) is 0 Å². The third-order valence-electron chi connectivity index (χ3n) is 4.20. The van der Waals surface area contributed by atoms with Crippen LogP contribution in [-0.2, 0) is 0 Å². The van der Waals surface area contributed by atoms with Gasteiger partial charge in [-0.05, 0) is 34.0 Å². The van der Waals surface area contributed by atoms with E-state index in [0.717, 1.165) is 32.9 Å². The minimum absolute atomic E-state index is 0.805. The van der Waals surface area contributed by atoms with Gasteiger partial charge in [0.1, 0.15) is 0 Å². The molecule has 4 N–H and O–H groups in total. The van der Waals surface area contributed by atoms with Crippen LogP contribution in [0.5, 0.6) is 0 Å². The molecule has 22 heavy (non-hydrogen) atoms. The topological polar surface area (TPSA) is 52.0 Å². The van der Waals surface area contributed by atoms with Crippen molar-refractivity contribution >= 4 is 32.9 Å². The maximum absolute atomic E-state index is 6.12. The zero-order chi connectivity index (χ0) is 15.1. The van der Waals surface area contributed by atoms with Gasteiger partial charge in [0, 0.05) is 22.1 Å². The van der Waals surface area contributed by atoms with Crippen LogP contribution in [0.1, 0.15) is 0 Å². The van der Waals surface area contributed by atoms with Gasteiger partial charge in [-0.1, -0.05) is 60.7 Å². The monoisotopic (exact) mass is 284 g/mol. The van der Waals surface area contributed by atoms with Gasteiger partial charge in [0.05, 0.1) is 0 Å². The van der Waals surface area contributed by atoms with Gasteiger partial charge in [-0.3, -0.25) is 0 Å². The lowest BCUT2D eigenvalue weighted by molar-refractivity contribution is 1.67. The fraction of sp³-hybridized carbons (Fsp3) is 0. The van der Waals surface area contributed by atoms with E-state index in [1.165, 1.54) is 11.1 Å². The molecular formula is C20H16N2. The van der Waals surface area contributed by atoms with Crippen molar-refractivity contribution in [1.82, 2.24) is 0 Å². The molecule has 4 aromatic rings.